The molecule has 2 fully saturated rings. The molecule has 2 unspecified atom stereocenters. The van der Waals surface area contributed by atoms with Gasteiger partial charge in [-0.3, -0.25) is 0 Å². The maximum Gasteiger partial charge on any atom is 0.137 e. The number of nitrogens with one attached hydrogen (secondary N) is 1. The molecule has 0 bridgehead atoms. The van der Waals surface area contributed by atoms with E-state index >= 15 is 0 Å². The lowest BCUT2D eigenvalue weighted by atomic mass is 9.92. The number of pyridine rings is 1. The van der Waals surface area contributed by atoms with Crippen LogP contribution in [0.25, 0.3) is 0 Å². The van der Waals surface area contributed by atoms with E-state index < -0.39 is 6.10 Å². The number of anilines is 1. The molecule has 6 nitrogen and oxygen atoms in total. The van der Waals surface area contributed by atoms with Crippen molar-refractivity contribution in [3.05, 3.63) is 22.3 Å². The first-order valence-corrected chi connectivity index (χ1v) is 10.5. The summed E-state index contributed by atoms with van der Waals surface area (Å²) in [6.45, 7) is 3.88. The van der Waals surface area contributed by atoms with Gasteiger partial charge in [-0.1, -0.05) is 24.4 Å². The molecule has 3 rings (SSSR count). The molecule has 0 spiro atoms. The Hall–Kier alpha value is -1.18. The third-order valence-corrected chi connectivity index (χ3v) is 5.63. The molecule has 0 amide bonds. The van der Waals surface area contributed by atoms with Gasteiger partial charge in [-0.25, -0.2) is 4.98 Å². The minimum atomic E-state index is -0.396. The molecule has 144 valence electrons. The number of aromatic nitrogens is 1. The number of hydrogen-bond donors (Lipinski definition) is 2. The van der Waals surface area contributed by atoms with Crippen molar-refractivity contribution in [1.29, 1.82) is 0 Å². The van der Waals surface area contributed by atoms with Crippen LogP contribution in [-0.2, 0) is 4.84 Å². The standard InChI is InChI=1S/C19H29BrN4O2/c1-2-26-22-11-14-10-15(20)12-21-19(14)24-9-8-17(18(25)13-24)23-16-6-4-3-5-7-16/h10-12,16-18,23,25H,2-9,13H2,1H3/b22-11+. The smallest absolute Gasteiger partial charge is 0.137 e. The number of piperidine rings is 1. The molecule has 1 saturated heterocycles. The van der Waals surface area contributed by atoms with Crippen LogP contribution in [0, 0.1) is 0 Å². The lowest BCUT2D eigenvalue weighted by Gasteiger charge is -2.39. The van der Waals surface area contributed by atoms with Gasteiger partial charge < -0.3 is 20.2 Å². The van der Waals surface area contributed by atoms with Gasteiger partial charge in [-0.15, -0.1) is 0 Å². The van der Waals surface area contributed by atoms with Gasteiger partial charge in [-0.2, -0.15) is 0 Å². The molecule has 1 aromatic rings. The zero-order valence-corrected chi connectivity index (χ0v) is 17.0. The molecule has 1 aromatic heterocycles. The van der Waals surface area contributed by atoms with Crippen molar-refractivity contribution in [2.75, 3.05) is 24.6 Å². The first-order chi connectivity index (χ1) is 12.7. The van der Waals surface area contributed by atoms with Crippen molar-refractivity contribution < 1.29 is 9.94 Å². The monoisotopic (exact) mass is 424 g/mol. The highest BCUT2D eigenvalue weighted by Crippen LogP contribution is 2.25. The van der Waals surface area contributed by atoms with Crippen LogP contribution in [-0.4, -0.2) is 54.2 Å². The van der Waals surface area contributed by atoms with Crippen molar-refractivity contribution in [1.82, 2.24) is 10.3 Å². The fourth-order valence-corrected chi connectivity index (χ4v) is 4.21. The molecule has 2 atom stereocenters. The number of oxime groups is 1. The van der Waals surface area contributed by atoms with E-state index in [4.69, 9.17) is 4.84 Å². The molecule has 1 saturated carbocycles. The van der Waals surface area contributed by atoms with Crippen molar-refractivity contribution in [2.45, 2.75) is 63.6 Å². The molecule has 0 radical (unpaired) electrons. The minimum Gasteiger partial charge on any atom is -0.396 e. The molecular formula is C19H29BrN4O2. The van der Waals surface area contributed by atoms with Crippen LogP contribution in [0.3, 0.4) is 0 Å². The van der Waals surface area contributed by atoms with E-state index in [9.17, 15) is 5.11 Å². The van der Waals surface area contributed by atoms with Gasteiger partial charge >= 0.3 is 0 Å². The number of rotatable bonds is 6. The zero-order chi connectivity index (χ0) is 18.4. The van der Waals surface area contributed by atoms with E-state index in [1.807, 2.05) is 13.0 Å². The molecular weight excluding hydrogens is 396 g/mol. The van der Waals surface area contributed by atoms with Crippen molar-refractivity contribution in [3.63, 3.8) is 0 Å². The number of β-amino-alcohol motifs (C(OH)–C–C–N with tert-alkyl or cyclic N) is 1. The number of aliphatic hydroxyl groups excluding tert-OH is 1. The van der Waals surface area contributed by atoms with Crippen LogP contribution in [0.4, 0.5) is 5.82 Å². The van der Waals surface area contributed by atoms with Gasteiger partial charge in [0.1, 0.15) is 12.4 Å². The van der Waals surface area contributed by atoms with Crippen LogP contribution < -0.4 is 10.2 Å². The van der Waals surface area contributed by atoms with Crippen LogP contribution in [0.5, 0.6) is 0 Å². The lowest BCUT2D eigenvalue weighted by molar-refractivity contribution is 0.103. The summed E-state index contributed by atoms with van der Waals surface area (Å²) in [6.07, 6.45) is 10.4. The molecule has 7 heteroatoms. The summed E-state index contributed by atoms with van der Waals surface area (Å²) in [7, 11) is 0. The van der Waals surface area contributed by atoms with Crippen molar-refractivity contribution in [2.24, 2.45) is 5.16 Å². The summed E-state index contributed by atoms with van der Waals surface area (Å²) in [4.78, 5) is 11.8. The SMILES string of the molecule is CCO/N=C/c1cc(Br)cnc1N1CCC(NC2CCCCC2)C(O)C1. The van der Waals surface area contributed by atoms with E-state index in [1.54, 1.807) is 12.4 Å². The second-order valence-electron chi connectivity index (χ2n) is 7.13. The number of hydrogen-bond acceptors (Lipinski definition) is 6. The summed E-state index contributed by atoms with van der Waals surface area (Å²) in [5.41, 5.74) is 0.888. The third kappa shape index (κ3) is 5.18. The van der Waals surface area contributed by atoms with Crippen LogP contribution in [0.15, 0.2) is 21.9 Å². The van der Waals surface area contributed by atoms with Gasteiger partial charge in [0.25, 0.3) is 0 Å². The highest BCUT2D eigenvalue weighted by Gasteiger charge is 2.31. The maximum absolute atomic E-state index is 10.7. The second kappa shape index (κ2) is 9.67. The highest BCUT2D eigenvalue weighted by molar-refractivity contribution is 9.10. The summed E-state index contributed by atoms with van der Waals surface area (Å²) >= 11 is 3.46. The van der Waals surface area contributed by atoms with E-state index in [0.717, 1.165) is 28.8 Å². The number of aliphatic hydroxyl groups is 1. The van der Waals surface area contributed by atoms with Crippen LogP contribution >= 0.6 is 15.9 Å². The van der Waals surface area contributed by atoms with E-state index in [0.29, 0.717) is 19.2 Å². The fraction of sp³-hybridized carbons (Fsp3) is 0.684. The summed E-state index contributed by atoms with van der Waals surface area (Å²) in [5.74, 6) is 0.840. The first-order valence-electron chi connectivity index (χ1n) is 9.67. The first kappa shape index (κ1) is 19.6. The summed E-state index contributed by atoms with van der Waals surface area (Å²) in [5, 5.41) is 18.4. The van der Waals surface area contributed by atoms with Gasteiger partial charge in [0.05, 0.1) is 12.3 Å². The van der Waals surface area contributed by atoms with E-state index in [1.165, 1.54) is 32.1 Å². The van der Waals surface area contributed by atoms with Crippen molar-refractivity contribution >= 4 is 28.0 Å². The number of halogens is 1. The number of nitrogens with zero attached hydrogens (tertiary/aromatic N) is 3. The molecule has 2 N–H and O–H groups in total. The topological polar surface area (TPSA) is 70.0 Å². The average Bonchev–Trinajstić information content (AvgIpc) is 2.65. The Kier molecular flexibility index (Phi) is 7.28. The van der Waals surface area contributed by atoms with Crippen LogP contribution in [0.1, 0.15) is 51.0 Å². The Labute approximate surface area is 164 Å². The Morgan fingerprint density at radius 1 is 1.38 bits per heavy atom. The van der Waals surface area contributed by atoms with Gasteiger partial charge in [0.2, 0.25) is 0 Å². The normalized spacial score (nSPS) is 25.0. The average molecular weight is 425 g/mol. The predicted molar refractivity (Wildman–Crippen MR) is 108 cm³/mol. The summed E-state index contributed by atoms with van der Waals surface area (Å²) < 4.78 is 0.897. The molecule has 1 aliphatic carbocycles. The van der Waals surface area contributed by atoms with Crippen LogP contribution in [0.2, 0.25) is 0 Å². The van der Waals surface area contributed by atoms with E-state index in [-0.39, 0.29) is 6.04 Å². The molecule has 1 aliphatic heterocycles. The Morgan fingerprint density at radius 2 is 2.19 bits per heavy atom. The highest BCUT2D eigenvalue weighted by atomic mass is 79.9. The second-order valence-corrected chi connectivity index (χ2v) is 8.04. The quantitative estimate of drug-likeness (QED) is 0.542. The van der Waals surface area contributed by atoms with Crippen molar-refractivity contribution in [3.8, 4) is 0 Å². The van der Waals surface area contributed by atoms with E-state index in [2.05, 4.69) is 36.3 Å². The van der Waals surface area contributed by atoms with Gasteiger partial charge in [-0.05, 0) is 48.2 Å². The molecule has 0 aromatic carbocycles. The molecule has 2 aliphatic rings. The fourth-order valence-electron chi connectivity index (χ4n) is 3.87. The largest absolute Gasteiger partial charge is 0.396 e. The molecule has 2 heterocycles. The minimum absolute atomic E-state index is 0.172. The lowest BCUT2D eigenvalue weighted by Crippen LogP contribution is -2.55. The maximum atomic E-state index is 10.7. The Morgan fingerprint density at radius 3 is 2.92 bits per heavy atom. The molecule has 26 heavy (non-hydrogen) atoms. The zero-order valence-electron chi connectivity index (χ0n) is 15.4. The third-order valence-electron chi connectivity index (χ3n) is 5.19. The Bertz CT molecular complexity index is 607. The Balaban J connectivity index is 1.64. The predicted octanol–water partition coefficient (Wildman–Crippen LogP) is 3.08. The summed E-state index contributed by atoms with van der Waals surface area (Å²) in [6, 6.07) is 2.71. The van der Waals surface area contributed by atoms with Gasteiger partial charge in [0, 0.05) is 41.4 Å². The van der Waals surface area contributed by atoms with Gasteiger partial charge in [0.15, 0.2) is 0 Å².